The molecular weight excluding hydrogens is 241 g/mol. The summed E-state index contributed by atoms with van der Waals surface area (Å²) in [5, 5.41) is 3.54. The monoisotopic (exact) mass is 267 g/mol. The second-order valence-electron chi connectivity index (χ2n) is 5.65. The van der Waals surface area contributed by atoms with Gasteiger partial charge in [-0.2, -0.15) is 0 Å². The van der Waals surface area contributed by atoms with Crippen LogP contribution in [0.3, 0.4) is 0 Å². The highest BCUT2D eigenvalue weighted by atomic mass is 19.1. The van der Waals surface area contributed by atoms with E-state index < -0.39 is 0 Å². The van der Waals surface area contributed by atoms with Gasteiger partial charge in [0.2, 0.25) is 0 Å². The van der Waals surface area contributed by atoms with Gasteiger partial charge in [0.15, 0.2) is 11.6 Å². The number of rotatable bonds is 7. The molecule has 0 amide bonds. The molecule has 1 N–H and O–H groups in total. The molecule has 0 heterocycles. The van der Waals surface area contributed by atoms with Crippen LogP contribution in [0.15, 0.2) is 18.2 Å². The second-order valence-corrected chi connectivity index (χ2v) is 5.65. The number of hydrogen-bond acceptors (Lipinski definition) is 2. The van der Waals surface area contributed by atoms with E-state index in [0.29, 0.717) is 11.8 Å². The lowest BCUT2D eigenvalue weighted by molar-refractivity contribution is 0.382. The smallest absolute Gasteiger partial charge is 0.165 e. The van der Waals surface area contributed by atoms with Crippen LogP contribution in [0.1, 0.15) is 52.1 Å². The first-order valence-electron chi connectivity index (χ1n) is 7.03. The second kappa shape index (κ2) is 7.49. The molecule has 0 fully saturated rings. The summed E-state index contributed by atoms with van der Waals surface area (Å²) in [6.07, 6.45) is 2.37. The van der Waals surface area contributed by atoms with Crippen molar-refractivity contribution in [3.8, 4) is 5.75 Å². The molecule has 0 bridgehead atoms. The predicted molar refractivity (Wildman–Crippen MR) is 78.0 cm³/mol. The largest absolute Gasteiger partial charge is 0.494 e. The summed E-state index contributed by atoms with van der Waals surface area (Å²) in [4.78, 5) is 0. The van der Waals surface area contributed by atoms with Crippen LogP contribution in [0, 0.1) is 11.7 Å². The van der Waals surface area contributed by atoms with Crippen LogP contribution in [0.4, 0.5) is 4.39 Å². The Balaban J connectivity index is 2.59. The van der Waals surface area contributed by atoms with Crippen LogP contribution in [-0.2, 0) is 0 Å². The highest BCUT2D eigenvalue weighted by Gasteiger charge is 2.12. The fraction of sp³-hybridized carbons (Fsp3) is 0.625. The molecule has 2 nitrogen and oxygen atoms in total. The quantitative estimate of drug-likeness (QED) is 0.795. The fourth-order valence-corrected chi connectivity index (χ4v) is 2.14. The molecule has 0 spiro atoms. The number of ether oxygens (including phenoxy) is 1. The number of halogens is 1. The number of nitrogens with one attached hydrogen (secondary N) is 1. The minimum atomic E-state index is -0.314. The van der Waals surface area contributed by atoms with Gasteiger partial charge in [0, 0.05) is 12.1 Å². The van der Waals surface area contributed by atoms with E-state index in [1.807, 2.05) is 6.07 Å². The van der Waals surface area contributed by atoms with Crippen molar-refractivity contribution < 1.29 is 9.13 Å². The summed E-state index contributed by atoms with van der Waals surface area (Å²) < 4.78 is 18.4. The van der Waals surface area contributed by atoms with Crippen LogP contribution in [0.2, 0.25) is 0 Å². The average molecular weight is 267 g/mol. The Morgan fingerprint density at radius 2 is 1.84 bits per heavy atom. The zero-order valence-electron chi connectivity index (χ0n) is 12.7. The van der Waals surface area contributed by atoms with Crippen molar-refractivity contribution in [3.63, 3.8) is 0 Å². The third-order valence-corrected chi connectivity index (χ3v) is 3.39. The third kappa shape index (κ3) is 5.19. The lowest BCUT2D eigenvalue weighted by Gasteiger charge is -2.21. The lowest BCUT2D eigenvalue weighted by Crippen LogP contribution is -2.29. The lowest BCUT2D eigenvalue weighted by atomic mass is 10.0. The maximum Gasteiger partial charge on any atom is 0.165 e. The molecule has 1 rings (SSSR count). The van der Waals surface area contributed by atoms with Crippen LogP contribution in [0.5, 0.6) is 5.75 Å². The first-order valence-corrected chi connectivity index (χ1v) is 7.03. The third-order valence-electron chi connectivity index (χ3n) is 3.39. The molecule has 0 aromatic heterocycles. The summed E-state index contributed by atoms with van der Waals surface area (Å²) in [6.45, 7) is 8.76. The van der Waals surface area contributed by atoms with Gasteiger partial charge in [0.1, 0.15) is 0 Å². The zero-order valence-corrected chi connectivity index (χ0v) is 12.7. The van der Waals surface area contributed by atoms with E-state index in [4.69, 9.17) is 4.74 Å². The normalized spacial score (nSPS) is 14.5. The van der Waals surface area contributed by atoms with Crippen LogP contribution in [-0.4, -0.2) is 13.2 Å². The SMILES string of the molecule is COc1cc(C(C)NC(C)CCC(C)C)ccc1F. The summed E-state index contributed by atoms with van der Waals surface area (Å²) in [6, 6.07) is 5.68. The molecule has 1 aromatic carbocycles. The molecule has 0 aliphatic heterocycles. The molecule has 0 aliphatic rings. The minimum absolute atomic E-state index is 0.191. The number of benzene rings is 1. The van der Waals surface area contributed by atoms with E-state index >= 15 is 0 Å². The van der Waals surface area contributed by atoms with Gasteiger partial charge in [0.05, 0.1) is 7.11 Å². The minimum Gasteiger partial charge on any atom is -0.494 e. The maximum atomic E-state index is 13.4. The standard InChI is InChI=1S/C16H26FNO/c1-11(2)6-7-12(3)18-13(4)14-8-9-15(17)16(10-14)19-5/h8-13,18H,6-7H2,1-5H3. The van der Waals surface area contributed by atoms with Gasteiger partial charge in [-0.05, 0) is 50.3 Å². The first-order chi connectivity index (χ1) is 8.93. The molecule has 2 unspecified atom stereocenters. The van der Waals surface area contributed by atoms with Crippen molar-refractivity contribution in [1.82, 2.24) is 5.32 Å². The van der Waals surface area contributed by atoms with Gasteiger partial charge in [-0.1, -0.05) is 19.9 Å². The van der Waals surface area contributed by atoms with E-state index in [9.17, 15) is 4.39 Å². The van der Waals surface area contributed by atoms with Gasteiger partial charge < -0.3 is 10.1 Å². The van der Waals surface area contributed by atoms with Gasteiger partial charge >= 0.3 is 0 Å². The molecule has 0 radical (unpaired) electrons. The van der Waals surface area contributed by atoms with Gasteiger partial charge in [-0.3, -0.25) is 0 Å². The fourth-order valence-electron chi connectivity index (χ4n) is 2.14. The summed E-state index contributed by atoms with van der Waals surface area (Å²) in [5.74, 6) is 0.720. The topological polar surface area (TPSA) is 21.3 Å². The molecule has 19 heavy (non-hydrogen) atoms. The van der Waals surface area contributed by atoms with Crippen LogP contribution in [0.25, 0.3) is 0 Å². The Bertz CT molecular complexity index is 392. The summed E-state index contributed by atoms with van der Waals surface area (Å²) >= 11 is 0. The molecule has 0 saturated heterocycles. The van der Waals surface area contributed by atoms with E-state index in [0.717, 1.165) is 17.9 Å². The Kier molecular flexibility index (Phi) is 6.29. The van der Waals surface area contributed by atoms with E-state index in [2.05, 4.69) is 33.0 Å². The summed E-state index contributed by atoms with van der Waals surface area (Å²) in [5.41, 5.74) is 1.05. The van der Waals surface area contributed by atoms with Crippen LogP contribution >= 0.6 is 0 Å². The van der Waals surface area contributed by atoms with Crippen molar-refractivity contribution in [1.29, 1.82) is 0 Å². The molecule has 1 aromatic rings. The van der Waals surface area contributed by atoms with E-state index in [1.54, 1.807) is 6.07 Å². The van der Waals surface area contributed by atoms with Crippen molar-refractivity contribution in [2.24, 2.45) is 5.92 Å². The van der Waals surface area contributed by atoms with Gasteiger partial charge in [0.25, 0.3) is 0 Å². The Morgan fingerprint density at radius 3 is 2.42 bits per heavy atom. The average Bonchev–Trinajstić information content (AvgIpc) is 2.36. The Labute approximate surface area is 116 Å². The molecule has 0 saturated carbocycles. The van der Waals surface area contributed by atoms with Crippen molar-refractivity contribution in [3.05, 3.63) is 29.6 Å². The van der Waals surface area contributed by atoms with Gasteiger partial charge in [-0.15, -0.1) is 0 Å². The summed E-state index contributed by atoms with van der Waals surface area (Å²) in [7, 11) is 1.49. The van der Waals surface area contributed by atoms with E-state index in [1.165, 1.54) is 19.6 Å². The number of hydrogen-bond donors (Lipinski definition) is 1. The van der Waals surface area contributed by atoms with Gasteiger partial charge in [-0.25, -0.2) is 4.39 Å². The molecule has 3 heteroatoms. The maximum absolute atomic E-state index is 13.4. The van der Waals surface area contributed by atoms with Crippen molar-refractivity contribution in [2.75, 3.05) is 7.11 Å². The van der Waals surface area contributed by atoms with Crippen molar-refractivity contribution in [2.45, 2.75) is 52.6 Å². The Hall–Kier alpha value is -1.09. The predicted octanol–water partition coefficient (Wildman–Crippen LogP) is 4.31. The zero-order chi connectivity index (χ0) is 14.4. The van der Waals surface area contributed by atoms with Crippen molar-refractivity contribution >= 4 is 0 Å². The van der Waals surface area contributed by atoms with Crippen LogP contribution < -0.4 is 10.1 Å². The number of methoxy groups -OCH3 is 1. The highest BCUT2D eigenvalue weighted by molar-refractivity contribution is 5.31. The molecule has 2 atom stereocenters. The molecule has 0 aliphatic carbocycles. The molecule has 108 valence electrons. The Morgan fingerprint density at radius 1 is 1.16 bits per heavy atom. The van der Waals surface area contributed by atoms with E-state index in [-0.39, 0.29) is 11.9 Å². The molecular formula is C16H26FNO. The highest BCUT2D eigenvalue weighted by Crippen LogP contribution is 2.23. The first kappa shape index (κ1) is 16.0.